The van der Waals surface area contributed by atoms with E-state index in [9.17, 15) is 9.18 Å². The van der Waals surface area contributed by atoms with Gasteiger partial charge in [-0.1, -0.05) is 0 Å². The van der Waals surface area contributed by atoms with Crippen LogP contribution in [0.3, 0.4) is 0 Å². The number of ketones is 1. The molecule has 0 saturated carbocycles. The third-order valence-electron chi connectivity index (χ3n) is 3.14. The lowest BCUT2D eigenvalue weighted by Gasteiger charge is -2.23. The van der Waals surface area contributed by atoms with Gasteiger partial charge in [0.1, 0.15) is 5.82 Å². The van der Waals surface area contributed by atoms with Crippen molar-refractivity contribution in [3.05, 3.63) is 35.1 Å². The van der Waals surface area contributed by atoms with Crippen LogP contribution in [0.15, 0.2) is 18.2 Å². The Balaban J connectivity index is 2.28. The quantitative estimate of drug-likeness (QED) is 0.777. The summed E-state index contributed by atoms with van der Waals surface area (Å²) in [6.07, 6.45) is 2.03. The van der Waals surface area contributed by atoms with E-state index in [1.807, 2.05) is 6.07 Å². The molecule has 86 valence electrons. The zero-order chi connectivity index (χ0) is 11.5. The lowest BCUT2D eigenvalue weighted by molar-refractivity contribution is 0.101. The van der Waals surface area contributed by atoms with Crippen molar-refractivity contribution < 1.29 is 9.18 Å². The molecular weight excluding hydrogens is 205 g/mol. The molecule has 1 heterocycles. The summed E-state index contributed by atoms with van der Waals surface area (Å²) in [7, 11) is 0. The summed E-state index contributed by atoms with van der Waals surface area (Å²) in [4.78, 5) is 11.3. The number of piperidine rings is 1. The molecule has 2 nitrogen and oxygen atoms in total. The lowest BCUT2D eigenvalue weighted by atomic mass is 9.89. The molecule has 0 spiro atoms. The van der Waals surface area contributed by atoms with Gasteiger partial charge in [0.25, 0.3) is 0 Å². The average Bonchev–Trinajstić information content (AvgIpc) is 2.29. The minimum atomic E-state index is -0.304. The SMILES string of the molecule is CC(=O)c1cc(F)cc(C2CCNCC2)c1. The highest BCUT2D eigenvalue weighted by Gasteiger charge is 2.17. The maximum Gasteiger partial charge on any atom is 0.159 e. The van der Waals surface area contributed by atoms with E-state index in [-0.39, 0.29) is 11.6 Å². The first kappa shape index (κ1) is 11.3. The first-order valence-electron chi connectivity index (χ1n) is 5.69. The van der Waals surface area contributed by atoms with E-state index in [0.717, 1.165) is 31.5 Å². The normalized spacial score (nSPS) is 17.4. The Morgan fingerprint density at radius 3 is 2.62 bits per heavy atom. The molecule has 16 heavy (non-hydrogen) atoms. The minimum Gasteiger partial charge on any atom is -0.317 e. The van der Waals surface area contributed by atoms with E-state index in [1.165, 1.54) is 13.0 Å². The van der Waals surface area contributed by atoms with Crippen LogP contribution in [0.25, 0.3) is 0 Å². The predicted molar refractivity (Wildman–Crippen MR) is 61.2 cm³/mol. The molecule has 1 aliphatic heterocycles. The Bertz CT molecular complexity index is 397. The van der Waals surface area contributed by atoms with Crippen LogP contribution in [-0.2, 0) is 0 Å². The fraction of sp³-hybridized carbons (Fsp3) is 0.462. The Labute approximate surface area is 94.9 Å². The molecule has 0 atom stereocenters. The third kappa shape index (κ3) is 2.47. The fourth-order valence-electron chi connectivity index (χ4n) is 2.21. The molecular formula is C13H16FNO. The van der Waals surface area contributed by atoms with Crippen molar-refractivity contribution in [3.8, 4) is 0 Å². The molecule has 1 aromatic rings. The molecule has 0 radical (unpaired) electrons. The summed E-state index contributed by atoms with van der Waals surface area (Å²) in [5, 5.41) is 3.28. The number of carbonyl (C=O) groups is 1. The summed E-state index contributed by atoms with van der Waals surface area (Å²) in [5.74, 6) is 0.00553. The smallest absolute Gasteiger partial charge is 0.159 e. The molecule has 0 amide bonds. The first-order chi connectivity index (χ1) is 7.66. The van der Waals surface area contributed by atoms with Gasteiger partial charge in [0.05, 0.1) is 0 Å². The van der Waals surface area contributed by atoms with Gasteiger partial charge < -0.3 is 5.32 Å². The van der Waals surface area contributed by atoms with E-state index in [0.29, 0.717) is 11.5 Å². The number of hydrogen-bond donors (Lipinski definition) is 1. The zero-order valence-corrected chi connectivity index (χ0v) is 9.42. The largest absolute Gasteiger partial charge is 0.317 e. The van der Waals surface area contributed by atoms with Crippen molar-refractivity contribution in [2.45, 2.75) is 25.7 Å². The van der Waals surface area contributed by atoms with E-state index >= 15 is 0 Å². The Hall–Kier alpha value is -1.22. The zero-order valence-electron chi connectivity index (χ0n) is 9.42. The second kappa shape index (κ2) is 4.74. The van der Waals surface area contributed by atoms with Crippen molar-refractivity contribution in [2.24, 2.45) is 0 Å². The molecule has 1 saturated heterocycles. The maximum atomic E-state index is 13.4. The fourth-order valence-corrected chi connectivity index (χ4v) is 2.21. The van der Waals surface area contributed by atoms with Gasteiger partial charge >= 0.3 is 0 Å². The number of rotatable bonds is 2. The monoisotopic (exact) mass is 221 g/mol. The highest BCUT2D eigenvalue weighted by Crippen LogP contribution is 2.26. The highest BCUT2D eigenvalue weighted by molar-refractivity contribution is 5.94. The van der Waals surface area contributed by atoms with E-state index in [1.54, 1.807) is 6.07 Å². The van der Waals surface area contributed by atoms with Crippen LogP contribution in [0.1, 0.15) is 41.6 Å². The minimum absolute atomic E-state index is 0.0744. The molecule has 0 aliphatic carbocycles. The van der Waals surface area contributed by atoms with Crippen molar-refractivity contribution in [1.29, 1.82) is 0 Å². The molecule has 1 aromatic carbocycles. The molecule has 0 aromatic heterocycles. The number of nitrogens with one attached hydrogen (secondary N) is 1. The van der Waals surface area contributed by atoms with E-state index in [4.69, 9.17) is 0 Å². The molecule has 1 N–H and O–H groups in total. The second-order valence-electron chi connectivity index (χ2n) is 4.35. The molecule has 1 fully saturated rings. The van der Waals surface area contributed by atoms with Gasteiger partial charge in [-0.3, -0.25) is 4.79 Å². The van der Waals surface area contributed by atoms with Crippen LogP contribution in [0.5, 0.6) is 0 Å². The van der Waals surface area contributed by atoms with Crippen LogP contribution >= 0.6 is 0 Å². The van der Waals surface area contributed by atoms with Crippen molar-refractivity contribution in [1.82, 2.24) is 5.32 Å². The highest BCUT2D eigenvalue weighted by atomic mass is 19.1. The van der Waals surface area contributed by atoms with Crippen LogP contribution in [0.4, 0.5) is 4.39 Å². The van der Waals surface area contributed by atoms with Gasteiger partial charge in [0.15, 0.2) is 5.78 Å². The number of benzene rings is 1. The van der Waals surface area contributed by atoms with Crippen molar-refractivity contribution in [3.63, 3.8) is 0 Å². The molecule has 0 unspecified atom stereocenters. The molecule has 0 bridgehead atoms. The van der Waals surface area contributed by atoms with E-state index in [2.05, 4.69) is 5.32 Å². The van der Waals surface area contributed by atoms with Crippen LogP contribution in [0, 0.1) is 5.82 Å². The lowest BCUT2D eigenvalue weighted by Crippen LogP contribution is -2.26. The Morgan fingerprint density at radius 1 is 1.31 bits per heavy atom. The number of halogens is 1. The topological polar surface area (TPSA) is 29.1 Å². The van der Waals surface area contributed by atoms with Gasteiger partial charge in [-0.2, -0.15) is 0 Å². The number of carbonyl (C=O) groups excluding carboxylic acids is 1. The Morgan fingerprint density at radius 2 is 2.00 bits per heavy atom. The van der Waals surface area contributed by atoms with Gasteiger partial charge in [-0.15, -0.1) is 0 Å². The predicted octanol–water partition coefficient (Wildman–Crippen LogP) is 2.50. The first-order valence-corrected chi connectivity index (χ1v) is 5.69. The number of hydrogen-bond acceptors (Lipinski definition) is 2. The van der Waals surface area contributed by atoms with Crippen molar-refractivity contribution in [2.75, 3.05) is 13.1 Å². The Kier molecular flexibility index (Phi) is 3.34. The summed E-state index contributed by atoms with van der Waals surface area (Å²) < 4.78 is 13.4. The van der Waals surface area contributed by atoms with Gasteiger partial charge in [-0.05, 0) is 62.5 Å². The van der Waals surface area contributed by atoms with Gasteiger partial charge in [0.2, 0.25) is 0 Å². The second-order valence-corrected chi connectivity index (χ2v) is 4.35. The average molecular weight is 221 g/mol. The van der Waals surface area contributed by atoms with Crippen LogP contribution in [0.2, 0.25) is 0 Å². The number of Topliss-reactive ketones (excluding diaryl/α,β-unsaturated/α-hetero) is 1. The maximum absolute atomic E-state index is 13.4. The van der Waals surface area contributed by atoms with Crippen molar-refractivity contribution >= 4 is 5.78 Å². The summed E-state index contributed by atoms with van der Waals surface area (Å²) in [6, 6.07) is 4.71. The van der Waals surface area contributed by atoms with Crippen LogP contribution in [-0.4, -0.2) is 18.9 Å². The standard InChI is InChI=1S/C13H16FNO/c1-9(16)11-6-12(8-13(14)7-11)10-2-4-15-5-3-10/h6-8,10,15H,2-5H2,1H3. The molecule has 3 heteroatoms. The van der Waals surface area contributed by atoms with E-state index < -0.39 is 0 Å². The van der Waals surface area contributed by atoms with Crippen LogP contribution < -0.4 is 5.32 Å². The van der Waals surface area contributed by atoms with Gasteiger partial charge in [-0.25, -0.2) is 4.39 Å². The summed E-state index contributed by atoms with van der Waals surface area (Å²) >= 11 is 0. The molecule has 1 aliphatic rings. The summed E-state index contributed by atoms with van der Waals surface area (Å²) in [5.41, 5.74) is 1.44. The molecule has 2 rings (SSSR count). The van der Waals surface area contributed by atoms with Gasteiger partial charge in [0, 0.05) is 5.56 Å². The summed E-state index contributed by atoms with van der Waals surface area (Å²) in [6.45, 7) is 3.41. The third-order valence-corrected chi connectivity index (χ3v) is 3.14.